The molecule has 0 aliphatic carbocycles. The number of carbonyl (C=O) groups excluding carboxylic acids is 1. The summed E-state index contributed by atoms with van der Waals surface area (Å²) in [6.45, 7) is 4.67. The molecule has 1 amide bonds. The van der Waals surface area contributed by atoms with Gasteiger partial charge in [0.2, 0.25) is 0 Å². The van der Waals surface area contributed by atoms with Gasteiger partial charge in [0.25, 0.3) is 5.91 Å². The van der Waals surface area contributed by atoms with Crippen LogP contribution in [0, 0.1) is 13.8 Å². The second-order valence-corrected chi connectivity index (χ2v) is 7.27. The van der Waals surface area contributed by atoms with Gasteiger partial charge in [-0.25, -0.2) is 0 Å². The van der Waals surface area contributed by atoms with Crippen LogP contribution in [0.2, 0.25) is 0 Å². The van der Waals surface area contributed by atoms with E-state index in [1.54, 1.807) is 12.4 Å². The lowest BCUT2D eigenvalue weighted by atomic mass is 10.1. The fraction of sp³-hybridized carbons (Fsp3) is 0.167. The van der Waals surface area contributed by atoms with E-state index in [1.807, 2.05) is 24.4 Å². The van der Waals surface area contributed by atoms with Crippen LogP contribution in [-0.2, 0) is 6.42 Å². The molecule has 2 aromatic carbocycles. The van der Waals surface area contributed by atoms with Crippen molar-refractivity contribution in [2.24, 2.45) is 0 Å². The summed E-state index contributed by atoms with van der Waals surface area (Å²) in [5.41, 5.74) is 6.99. The van der Waals surface area contributed by atoms with E-state index >= 15 is 0 Å². The number of nitrogens with one attached hydrogen (secondary N) is 3. The Balaban J connectivity index is 1.40. The summed E-state index contributed by atoms with van der Waals surface area (Å²) in [4.78, 5) is 20.1. The number of benzene rings is 2. The smallest absolute Gasteiger partial charge is 0.252 e. The number of fused-ring (bicyclic) bond motifs is 1. The van der Waals surface area contributed by atoms with Gasteiger partial charge in [0.15, 0.2) is 0 Å². The van der Waals surface area contributed by atoms with Crippen molar-refractivity contribution in [3.8, 4) is 0 Å². The van der Waals surface area contributed by atoms with Gasteiger partial charge in [0.05, 0.1) is 17.4 Å². The molecule has 29 heavy (non-hydrogen) atoms. The maximum absolute atomic E-state index is 12.6. The van der Waals surface area contributed by atoms with Gasteiger partial charge in [-0.2, -0.15) is 0 Å². The molecule has 0 aliphatic rings. The van der Waals surface area contributed by atoms with Gasteiger partial charge < -0.3 is 15.6 Å². The Morgan fingerprint density at radius 2 is 1.93 bits per heavy atom. The van der Waals surface area contributed by atoms with Crippen LogP contribution in [0.15, 0.2) is 67.1 Å². The summed E-state index contributed by atoms with van der Waals surface area (Å²) in [6.07, 6.45) is 6.09. The molecule has 4 rings (SSSR count). The zero-order valence-corrected chi connectivity index (χ0v) is 16.6. The van der Waals surface area contributed by atoms with Crippen LogP contribution >= 0.6 is 0 Å². The van der Waals surface area contributed by atoms with Crippen LogP contribution in [-0.4, -0.2) is 22.4 Å². The predicted octanol–water partition coefficient (Wildman–Crippen LogP) is 4.90. The van der Waals surface area contributed by atoms with Crippen molar-refractivity contribution in [3.05, 3.63) is 89.4 Å². The van der Waals surface area contributed by atoms with Crippen LogP contribution in [0.4, 0.5) is 11.4 Å². The van der Waals surface area contributed by atoms with Crippen LogP contribution in [0.25, 0.3) is 10.9 Å². The zero-order valence-electron chi connectivity index (χ0n) is 16.6. The molecule has 146 valence electrons. The van der Waals surface area contributed by atoms with Gasteiger partial charge in [0, 0.05) is 35.5 Å². The minimum absolute atomic E-state index is 0.123. The lowest BCUT2D eigenvalue weighted by molar-refractivity contribution is 0.0954. The van der Waals surface area contributed by atoms with Crippen LogP contribution in [0.5, 0.6) is 0 Å². The standard InChI is InChI=1S/C24H24N4O/c1-16-7-8-17(2)23(11-16)28-20-12-19(13-25-15-20)24(29)26-10-9-18-14-27-22-6-4-3-5-21(18)22/h3-8,11-15,27-28H,9-10H2,1-2H3,(H,26,29). The van der Waals surface area contributed by atoms with Crippen molar-refractivity contribution in [3.63, 3.8) is 0 Å². The first-order chi connectivity index (χ1) is 14.1. The number of carbonyl (C=O) groups is 1. The number of pyridine rings is 1. The lowest BCUT2D eigenvalue weighted by Crippen LogP contribution is -2.25. The first-order valence-corrected chi connectivity index (χ1v) is 9.73. The van der Waals surface area contributed by atoms with Gasteiger partial charge in [-0.05, 0) is 55.2 Å². The van der Waals surface area contributed by atoms with E-state index in [2.05, 4.69) is 64.8 Å². The number of hydrogen-bond acceptors (Lipinski definition) is 3. The summed E-state index contributed by atoms with van der Waals surface area (Å²) in [7, 11) is 0. The van der Waals surface area contributed by atoms with Crippen LogP contribution in [0.1, 0.15) is 27.0 Å². The third-order valence-corrected chi connectivity index (χ3v) is 5.03. The molecular formula is C24H24N4O. The van der Waals surface area contributed by atoms with Crippen molar-refractivity contribution < 1.29 is 4.79 Å². The van der Waals surface area contributed by atoms with Crippen LogP contribution < -0.4 is 10.6 Å². The number of aromatic amines is 1. The van der Waals surface area contributed by atoms with Crippen molar-refractivity contribution in [2.75, 3.05) is 11.9 Å². The summed E-state index contributed by atoms with van der Waals surface area (Å²) in [5.74, 6) is -0.123. The van der Waals surface area contributed by atoms with E-state index in [0.717, 1.165) is 28.9 Å². The van der Waals surface area contributed by atoms with Gasteiger partial charge in [0.1, 0.15) is 0 Å². The Labute approximate surface area is 170 Å². The normalized spacial score (nSPS) is 10.8. The number of aromatic nitrogens is 2. The fourth-order valence-electron chi connectivity index (χ4n) is 3.41. The molecule has 0 saturated carbocycles. The Hall–Kier alpha value is -3.60. The van der Waals surface area contributed by atoms with Gasteiger partial charge in [-0.3, -0.25) is 9.78 Å². The minimum Gasteiger partial charge on any atom is -0.361 e. The number of para-hydroxylation sites is 1. The van der Waals surface area contributed by atoms with Crippen molar-refractivity contribution in [1.29, 1.82) is 0 Å². The molecule has 0 unspecified atom stereocenters. The number of anilines is 2. The van der Waals surface area contributed by atoms with E-state index in [-0.39, 0.29) is 5.91 Å². The van der Waals surface area contributed by atoms with Crippen molar-refractivity contribution in [1.82, 2.24) is 15.3 Å². The SMILES string of the molecule is Cc1ccc(C)c(Nc2cncc(C(=O)NCCc3c[nH]c4ccccc34)c2)c1. The molecule has 0 radical (unpaired) electrons. The largest absolute Gasteiger partial charge is 0.361 e. The molecule has 0 atom stereocenters. The van der Waals surface area contributed by atoms with E-state index < -0.39 is 0 Å². The molecule has 3 N–H and O–H groups in total. The number of aryl methyl sites for hydroxylation is 2. The zero-order chi connectivity index (χ0) is 20.2. The highest BCUT2D eigenvalue weighted by Crippen LogP contribution is 2.22. The van der Waals surface area contributed by atoms with Crippen LogP contribution in [0.3, 0.4) is 0 Å². The molecule has 0 bridgehead atoms. The average Bonchev–Trinajstić information content (AvgIpc) is 3.14. The highest BCUT2D eigenvalue weighted by molar-refractivity contribution is 5.95. The molecule has 5 heteroatoms. The third kappa shape index (κ3) is 4.29. The summed E-state index contributed by atoms with van der Waals surface area (Å²) < 4.78 is 0. The maximum Gasteiger partial charge on any atom is 0.252 e. The predicted molar refractivity (Wildman–Crippen MR) is 118 cm³/mol. The molecule has 0 saturated heterocycles. The first kappa shape index (κ1) is 18.7. The number of nitrogens with zero attached hydrogens (tertiary/aromatic N) is 1. The van der Waals surface area contributed by atoms with Gasteiger partial charge >= 0.3 is 0 Å². The topological polar surface area (TPSA) is 69.8 Å². The molecule has 2 aromatic heterocycles. The van der Waals surface area contributed by atoms with Gasteiger partial charge in [-0.15, -0.1) is 0 Å². The van der Waals surface area contributed by atoms with Crippen molar-refractivity contribution in [2.45, 2.75) is 20.3 Å². The highest BCUT2D eigenvalue weighted by Gasteiger charge is 2.09. The first-order valence-electron chi connectivity index (χ1n) is 9.73. The molecule has 2 heterocycles. The molecule has 5 nitrogen and oxygen atoms in total. The molecule has 4 aromatic rings. The van der Waals surface area contributed by atoms with Gasteiger partial charge in [-0.1, -0.05) is 30.3 Å². The van der Waals surface area contributed by atoms with E-state index in [1.165, 1.54) is 16.5 Å². The number of hydrogen-bond donors (Lipinski definition) is 3. The summed E-state index contributed by atoms with van der Waals surface area (Å²) in [5, 5.41) is 7.55. The lowest BCUT2D eigenvalue weighted by Gasteiger charge is -2.11. The van der Waals surface area contributed by atoms with E-state index in [9.17, 15) is 4.79 Å². The Kier molecular flexibility index (Phi) is 5.29. The second kappa shape index (κ2) is 8.19. The average molecular weight is 384 g/mol. The summed E-state index contributed by atoms with van der Waals surface area (Å²) in [6, 6.07) is 16.3. The second-order valence-electron chi connectivity index (χ2n) is 7.27. The molecular weight excluding hydrogens is 360 g/mol. The quantitative estimate of drug-likeness (QED) is 0.443. The Bertz CT molecular complexity index is 1160. The number of H-pyrrole nitrogens is 1. The molecule has 0 aliphatic heterocycles. The monoisotopic (exact) mass is 384 g/mol. The molecule has 0 spiro atoms. The Morgan fingerprint density at radius 1 is 1.07 bits per heavy atom. The Morgan fingerprint density at radius 3 is 2.83 bits per heavy atom. The van der Waals surface area contributed by atoms with E-state index in [4.69, 9.17) is 0 Å². The number of rotatable bonds is 6. The minimum atomic E-state index is -0.123. The van der Waals surface area contributed by atoms with E-state index in [0.29, 0.717) is 12.1 Å². The summed E-state index contributed by atoms with van der Waals surface area (Å²) >= 11 is 0. The maximum atomic E-state index is 12.6. The molecule has 0 fully saturated rings. The fourth-order valence-corrected chi connectivity index (χ4v) is 3.41. The van der Waals surface area contributed by atoms with Crippen molar-refractivity contribution >= 4 is 28.2 Å². The number of amides is 1. The highest BCUT2D eigenvalue weighted by atomic mass is 16.1. The third-order valence-electron chi connectivity index (χ3n) is 5.03.